The number of halogens is 1. The molecule has 0 spiro atoms. The zero-order chi connectivity index (χ0) is 14.1. The van der Waals surface area contributed by atoms with Gasteiger partial charge in [-0.3, -0.25) is 10.1 Å². The van der Waals surface area contributed by atoms with Crippen LogP contribution < -0.4 is 0 Å². The van der Waals surface area contributed by atoms with E-state index in [0.29, 0.717) is 21.1 Å². The third kappa shape index (κ3) is 2.30. The molecule has 0 aliphatic rings. The Morgan fingerprint density at radius 2 is 2.10 bits per heavy atom. The normalized spacial score (nSPS) is 10.8. The average molecular weight is 308 g/mol. The molecule has 1 aromatic carbocycles. The molecular formula is C11H6ClN5O2S. The largest absolute Gasteiger partial charge is 0.341 e. The second-order valence-electron chi connectivity index (χ2n) is 3.73. The minimum atomic E-state index is -0.435. The predicted molar refractivity (Wildman–Crippen MR) is 73.9 cm³/mol. The summed E-state index contributed by atoms with van der Waals surface area (Å²) in [4.78, 5) is 26.0. The predicted octanol–water partition coefficient (Wildman–Crippen LogP) is 3.07. The van der Waals surface area contributed by atoms with Gasteiger partial charge in [-0.05, 0) is 17.7 Å². The van der Waals surface area contributed by atoms with Crippen molar-refractivity contribution in [3.63, 3.8) is 0 Å². The molecule has 0 radical (unpaired) electrons. The Morgan fingerprint density at radius 1 is 1.30 bits per heavy atom. The van der Waals surface area contributed by atoms with Crippen molar-refractivity contribution >= 4 is 40.2 Å². The van der Waals surface area contributed by atoms with Gasteiger partial charge in [-0.15, -0.1) is 0 Å². The van der Waals surface area contributed by atoms with Crippen molar-refractivity contribution in [2.24, 2.45) is 0 Å². The summed E-state index contributed by atoms with van der Waals surface area (Å²) < 4.78 is 0. The van der Waals surface area contributed by atoms with Crippen molar-refractivity contribution in [1.29, 1.82) is 0 Å². The quantitative estimate of drug-likeness (QED) is 0.345. The van der Waals surface area contributed by atoms with E-state index in [-0.39, 0.29) is 11.0 Å². The molecule has 0 saturated heterocycles. The van der Waals surface area contributed by atoms with Gasteiger partial charge in [0.1, 0.15) is 10.5 Å². The zero-order valence-corrected chi connectivity index (χ0v) is 11.4. The third-order valence-corrected chi connectivity index (χ3v) is 3.72. The molecule has 2 heterocycles. The molecule has 0 fully saturated rings. The lowest BCUT2D eigenvalue weighted by atomic mass is 10.3. The maximum absolute atomic E-state index is 11.0. The van der Waals surface area contributed by atoms with Crippen molar-refractivity contribution in [3.05, 3.63) is 46.0 Å². The third-order valence-electron chi connectivity index (χ3n) is 2.49. The van der Waals surface area contributed by atoms with Crippen LogP contribution in [0.25, 0.3) is 11.2 Å². The second-order valence-corrected chi connectivity index (χ2v) is 5.09. The molecule has 0 unspecified atom stereocenters. The van der Waals surface area contributed by atoms with Crippen LogP contribution in [0.15, 0.2) is 40.5 Å². The molecule has 1 N–H and O–H groups in total. The number of nitrogens with one attached hydrogen (secondary N) is 1. The van der Waals surface area contributed by atoms with E-state index in [9.17, 15) is 10.1 Å². The van der Waals surface area contributed by atoms with Gasteiger partial charge >= 0.3 is 0 Å². The molecule has 20 heavy (non-hydrogen) atoms. The summed E-state index contributed by atoms with van der Waals surface area (Å²) in [6.07, 6.45) is 1.47. The molecule has 2 aromatic heterocycles. The van der Waals surface area contributed by atoms with Crippen LogP contribution in [0.5, 0.6) is 0 Å². The number of benzene rings is 1. The van der Waals surface area contributed by atoms with Gasteiger partial charge in [0.25, 0.3) is 5.69 Å². The number of aromatic nitrogens is 4. The minimum Gasteiger partial charge on any atom is -0.341 e. The van der Waals surface area contributed by atoms with Crippen molar-refractivity contribution in [1.82, 2.24) is 19.9 Å². The van der Waals surface area contributed by atoms with E-state index in [2.05, 4.69) is 19.9 Å². The lowest BCUT2D eigenvalue weighted by Crippen LogP contribution is -1.92. The number of H-pyrrole nitrogens is 1. The lowest BCUT2D eigenvalue weighted by Gasteiger charge is -2.03. The number of nitro groups is 1. The maximum Gasteiger partial charge on any atom is 0.283 e. The molecule has 0 amide bonds. The van der Waals surface area contributed by atoms with Crippen molar-refractivity contribution in [2.75, 3.05) is 0 Å². The molecule has 0 aliphatic heterocycles. The number of para-hydroxylation sites is 1. The van der Waals surface area contributed by atoms with E-state index in [1.165, 1.54) is 12.4 Å². The Bertz CT molecular complexity index is 806. The van der Waals surface area contributed by atoms with E-state index < -0.39 is 4.92 Å². The SMILES string of the molecule is O=[N+]([O-])c1ccccc1Sc1nc(Cl)nc2nc[nH]c12. The summed E-state index contributed by atoms with van der Waals surface area (Å²) in [6, 6.07) is 6.43. The minimum absolute atomic E-state index is 0.0138. The van der Waals surface area contributed by atoms with Crippen LogP contribution in [0.2, 0.25) is 5.28 Å². The number of aromatic amines is 1. The van der Waals surface area contributed by atoms with Crippen molar-refractivity contribution in [2.45, 2.75) is 9.92 Å². The van der Waals surface area contributed by atoms with Crippen LogP contribution in [0.4, 0.5) is 5.69 Å². The van der Waals surface area contributed by atoms with Gasteiger partial charge in [0.2, 0.25) is 5.28 Å². The van der Waals surface area contributed by atoms with Crippen molar-refractivity contribution < 1.29 is 4.92 Å². The van der Waals surface area contributed by atoms with E-state index in [0.717, 1.165) is 11.8 Å². The number of rotatable bonds is 3. The van der Waals surface area contributed by atoms with Gasteiger partial charge in [0.05, 0.1) is 16.1 Å². The zero-order valence-electron chi connectivity index (χ0n) is 9.78. The number of hydrogen-bond acceptors (Lipinski definition) is 6. The van der Waals surface area contributed by atoms with Crippen LogP contribution in [-0.2, 0) is 0 Å². The maximum atomic E-state index is 11.0. The van der Waals surface area contributed by atoms with E-state index in [4.69, 9.17) is 11.6 Å². The molecule has 0 saturated carbocycles. The summed E-state index contributed by atoms with van der Waals surface area (Å²) in [5, 5.41) is 11.5. The Balaban J connectivity index is 2.10. The van der Waals surface area contributed by atoms with Gasteiger partial charge in [-0.2, -0.15) is 4.98 Å². The number of fused-ring (bicyclic) bond motifs is 1. The van der Waals surface area contributed by atoms with Crippen LogP contribution in [0.1, 0.15) is 0 Å². The Kier molecular flexibility index (Phi) is 3.25. The Hall–Kier alpha value is -2.19. The number of nitro benzene ring substituents is 1. The highest BCUT2D eigenvalue weighted by Crippen LogP contribution is 2.36. The van der Waals surface area contributed by atoms with Gasteiger partial charge in [-0.25, -0.2) is 9.97 Å². The van der Waals surface area contributed by atoms with Gasteiger partial charge in [0, 0.05) is 6.07 Å². The smallest absolute Gasteiger partial charge is 0.283 e. The highest BCUT2D eigenvalue weighted by Gasteiger charge is 2.17. The lowest BCUT2D eigenvalue weighted by molar-refractivity contribution is -0.387. The molecule has 7 nitrogen and oxygen atoms in total. The molecule has 0 aliphatic carbocycles. The topological polar surface area (TPSA) is 97.6 Å². The first-order valence-electron chi connectivity index (χ1n) is 5.43. The molecule has 3 rings (SSSR count). The fraction of sp³-hybridized carbons (Fsp3) is 0. The van der Waals surface area contributed by atoms with Gasteiger partial charge in [0.15, 0.2) is 5.65 Å². The summed E-state index contributed by atoms with van der Waals surface area (Å²) >= 11 is 6.97. The second kappa shape index (κ2) is 5.06. The molecule has 100 valence electrons. The Morgan fingerprint density at radius 3 is 2.90 bits per heavy atom. The Labute approximate surface area is 121 Å². The van der Waals surface area contributed by atoms with Gasteiger partial charge in [-0.1, -0.05) is 23.9 Å². The molecule has 3 aromatic rings. The summed E-state index contributed by atoms with van der Waals surface area (Å²) in [7, 11) is 0. The fourth-order valence-corrected chi connectivity index (χ4v) is 2.85. The molecule has 0 atom stereocenters. The standard InChI is InChI=1S/C11H6ClN5O2S/c12-11-15-9-8(13-5-14-9)10(16-11)20-7-4-2-1-3-6(7)17(18)19/h1-5H,(H,13,14,15,16). The monoisotopic (exact) mass is 307 g/mol. The van der Waals surface area contributed by atoms with Crippen LogP contribution >= 0.6 is 23.4 Å². The fourth-order valence-electron chi connectivity index (χ4n) is 1.65. The van der Waals surface area contributed by atoms with E-state index in [1.54, 1.807) is 18.2 Å². The van der Waals surface area contributed by atoms with E-state index in [1.807, 2.05) is 0 Å². The first-order valence-corrected chi connectivity index (χ1v) is 6.62. The van der Waals surface area contributed by atoms with Crippen LogP contribution in [0.3, 0.4) is 0 Å². The highest BCUT2D eigenvalue weighted by atomic mass is 35.5. The summed E-state index contributed by atoms with van der Waals surface area (Å²) in [5.74, 6) is 0. The number of hydrogen-bond donors (Lipinski definition) is 1. The average Bonchev–Trinajstić information content (AvgIpc) is 2.87. The van der Waals surface area contributed by atoms with Gasteiger partial charge < -0.3 is 4.98 Å². The van der Waals surface area contributed by atoms with Crippen molar-refractivity contribution in [3.8, 4) is 0 Å². The van der Waals surface area contributed by atoms with Crippen LogP contribution in [-0.4, -0.2) is 24.9 Å². The highest BCUT2D eigenvalue weighted by molar-refractivity contribution is 7.99. The van der Waals surface area contributed by atoms with Crippen LogP contribution in [0, 0.1) is 10.1 Å². The van der Waals surface area contributed by atoms with E-state index >= 15 is 0 Å². The summed E-state index contributed by atoms with van der Waals surface area (Å²) in [6.45, 7) is 0. The number of nitrogens with zero attached hydrogens (tertiary/aromatic N) is 4. The molecule has 0 bridgehead atoms. The first kappa shape index (κ1) is 12.8. The molecule has 9 heteroatoms. The first-order chi connectivity index (χ1) is 9.65. The number of imidazole rings is 1. The molecular weight excluding hydrogens is 302 g/mol. The summed E-state index contributed by atoms with van der Waals surface area (Å²) in [5.41, 5.74) is 1.03.